The number of hydrogen-bond acceptors (Lipinski definition) is 7. The number of rotatable bonds is 5. The lowest BCUT2D eigenvalue weighted by molar-refractivity contribution is -0.0168. The van der Waals surface area contributed by atoms with Gasteiger partial charge in [-0.15, -0.1) is 11.8 Å². The van der Waals surface area contributed by atoms with Crippen molar-refractivity contribution < 1.29 is 19.0 Å². The summed E-state index contributed by atoms with van der Waals surface area (Å²) in [6.45, 7) is 4.36. The molecule has 0 aliphatic carbocycles. The van der Waals surface area contributed by atoms with Gasteiger partial charge < -0.3 is 14.2 Å². The van der Waals surface area contributed by atoms with Crippen LogP contribution >= 0.6 is 23.4 Å². The van der Waals surface area contributed by atoms with Gasteiger partial charge in [0.05, 0.1) is 30.0 Å². The van der Waals surface area contributed by atoms with Crippen LogP contribution in [0.1, 0.15) is 39.7 Å². The van der Waals surface area contributed by atoms with Gasteiger partial charge in [0.15, 0.2) is 6.79 Å². The van der Waals surface area contributed by atoms with Crippen molar-refractivity contribution in [2.24, 2.45) is 0 Å². The first-order chi connectivity index (χ1) is 13.0. The molecule has 0 bridgehead atoms. The van der Waals surface area contributed by atoms with Crippen molar-refractivity contribution in [3.63, 3.8) is 0 Å². The monoisotopic (exact) mass is 404 g/mol. The van der Waals surface area contributed by atoms with Crippen molar-refractivity contribution in [2.75, 3.05) is 13.4 Å². The first kappa shape index (κ1) is 19.5. The molecule has 0 atom stereocenters. The average molecular weight is 405 g/mol. The third-order valence-electron chi connectivity index (χ3n) is 3.91. The third kappa shape index (κ3) is 4.35. The molecule has 0 unspecified atom stereocenters. The number of nitriles is 1. The molecule has 2 aromatic rings. The van der Waals surface area contributed by atoms with E-state index in [0.29, 0.717) is 39.2 Å². The number of aryl methyl sites for hydroxylation is 1. The summed E-state index contributed by atoms with van der Waals surface area (Å²) in [5.41, 5.74) is 2.95. The van der Waals surface area contributed by atoms with Crippen LogP contribution in [0, 0.1) is 18.3 Å². The highest BCUT2D eigenvalue weighted by Crippen LogP contribution is 2.36. The van der Waals surface area contributed by atoms with Crippen molar-refractivity contribution in [3.05, 3.63) is 51.2 Å². The predicted molar refractivity (Wildman–Crippen MR) is 101 cm³/mol. The van der Waals surface area contributed by atoms with Crippen LogP contribution in [0.15, 0.2) is 23.2 Å². The van der Waals surface area contributed by atoms with Crippen LogP contribution in [0.5, 0.6) is 5.75 Å². The zero-order chi connectivity index (χ0) is 19.4. The van der Waals surface area contributed by atoms with E-state index in [2.05, 4.69) is 11.1 Å². The van der Waals surface area contributed by atoms with Gasteiger partial charge >= 0.3 is 5.97 Å². The van der Waals surface area contributed by atoms with Gasteiger partial charge in [-0.25, -0.2) is 9.78 Å². The number of nitrogens with zero attached hydrogens (tertiary/aromatic N) is 2. The Kier molecular flexibility index (Phi) is 6.22. The van der Waals surface area contributed by atoms with Gasteiger partial charge in [-0.1, -0.05) is 11.6 Å². The van der Waals surface area contributed by atoms with E-state index in [-0.39, 0.29) is 13.4 Å². The predicted octanol–water partition coefficient (Wildman–Crippen LogP) is 4.25. The van der Waals surface area contributed by atoms with Gasteiger partial charge in [0.25, 0.3) is 0 Å². The van der Waals surface area contributed by atoms with Crippen molar-refractivity contribution in [2.45, 2.75) is 31.2 Å². The highest BCUT2D eigenvalue weighted by atomic mass is 35.5. The third-order valence-corrected chi connectivity index (χ3v) is 5.17. The minimum Gasteiger partial charge on any atom is -0.467 e. The van der Waals surface area contributed by atoms with Crippen molar-refractivity contribution in [3.8, 4) is 11.8 Å². The second-order valence-corrected chi connectivity index (χ2v) is 7.16. The maximum absolute atomic E-state index is 12.0. The van der Waals surface area contributed by atoms with Crippen molar-refractivity contribution >= 4 is 29.3 Å². The van der Waals surface area contributed by atoms with E-state index < -0.39 is 5.97 Å². The molecule has 8 heteroatoms. The first-order valence-electron chi connectivity index (χ1n) is 8.27. The lowest BCUT2D eigenvalue weighted by atomic mass is 10.1. The minimum absolute atomic E-state index is 0.196. The van der Waals surface area contributed by atoms with Crippen molar-refractivity contribution in [1.29, 1.82) is 5.26 Å². The molecule has 0 amide bonds. The fourth-order valence-electron chi connectivity index (χ4n) is 2.70. The van der Waals surface area contributed by atoms with E-state index in [0.717, 1.165) is 16.9 Å². The minimum atomic E-state index is -0.479. The Morgan fingerprint density at radius 3 is 3.00 bits per heavy atom. The Morgan fingerprint density at radius 1 is 1.44 bits per heavy atom. The summed E-state index contributed by atoms with van der Waals surface area (Å²) in [7, 11) is 0. The smallest absolute Gasteiger partial charge is 0.340 e. The van der Waals surface area contributed by atoms with Gasteiger partial charge in [-0.05, 0) is 32.0 Å². The van der Waals surface area contributed by atoms with Crippen LogP contribution in [0.4, 0.5) is 0 Å². The maximum Gasteiger partial charge on any atom is 0.340 e. The lowest BCUT2D eigenvalue weighted by Gasteiger charge is -2.21. The average Bonchev–Trinajstić information content (AvgIpc) is 2.66. The molecule has 27 heavy (non-hydrogen) atoms. The molecule has 3 rings (SSSR count). The normalized spacial score (nSPS) is 12.7. The molecule has 0 N–H and O–H groups in total. The highest BCUT2D eigenvalue weighted by Gasteiger charge is 2.19. The maximum atomic E-state index is 12.0. The van der Waals surface area contributed by atoms with Crippen LogP contribution in [0.2, 0.25) is 5.02 Å². The van der Waals surface area contributed by atoms with E-state index in [1.165, 1.54) is 17.8 Å². The summed E-state index contributed by atoms with van der Waals surface area (Å²) in [5, 5.41) is 10.6. The lowest BCUT2D eigenvalue weighted by Crippen LogP contribution is -2.13. The van der Waals surface area contributed by atoms with E-state index in [1.807, 2.05) is 12.1 Å². The molecular formula is C19H17ClN2O4S. The molecule has 140 valence electrons. The summed E-state index contributed by atoms with van der Waals surface area (Å²) < 4.78 is 15.9. The van der Waals surface area contributed by atoms with E-state index in [9.17, 15) is 10.1 Å². The molecule has 1 aliphatic rings. The highest BCUT2D eigenvalue weighted by molar-refractivity contribution is 7.98. The summed E-state index contributed by atoms with van der Waals surface area (Å²) >= 11 is 7.58. The first-order valence-corrected chi connectivity index (χ1v) is 9.63. The van der Waals surface area contributed by atoms with Crippen LogP contribution in [0.3, 0.4) is 0 Å². The summed E-state index contributed by atoms with van der Waals surface area (Å²) in [6, 6.07) is 7.29. The van der Waals surface area contributed by atoms with E-state index >= 15 is 0 Å². The van der Waals surface area contributed by atoms with Crippen molar-refractivity contribution in [1.82, 2.24) is 4.98 Å². The molecule has 0 radical (unpaired) electrons. The molecule has 0 spiro atoms. The Balaban J connectivity index is 1.87. The van der Waals surface area contributed by atoms with Gasteiger partial charge in [-0.3, -0.25) is 0 Å². The number of carbonyl (C=O) groups excluding carboxylic acids is 1. The number of thioether (sulfide) groups is 1. The zero-order valence-corrected chi connectivity index (χ0v) is 16.4. The van der Waals surface area contributed by atoms with E-state index in [1.54, 1.807) is 13.8 Å². The summed E-state index contributed by atoms with van der Waals surface area (Å²) in [4.78, 5) is 16.4. The number of halogens is 1. The number of aromatic nitrogens is 1. The molecule has 0 saturated carbocycles. The molecule has 1 aromatic carbocycles. The van der Waals surface area contributed by atoms with Crippen LogP contribution in [-0.2, 0) is 21.8 Å². The number of ether oxygens (including phenoxy) is 3. The second-order valence-electron chi connectivity index (χ2n) is 5.76. The van der Waals surface area contributed by atoms with Gasteiger partial charge in [0.2, 0.25) is 0 Å². The Hall–Kier alpha value is -2.27. The summed E-state index contributed by atoms with van der Waals surface area (Å²) in [5.74, 6) is 0.798. The molecular weight excluding hydrogens is 388 g/mol. The second kappa shape index (κ2) is 8.61. The fourth-order valence-corrected chi connectivity index (χ4v) is 3.93. The van der Waals surface area contributed by atoms with Gasteiger partial charge in [0, 0.05) is 21.9 Å². The summed E-state index contributed by atoms with van der Waals surface area (Å²) in [6.07, 6.45) is 0. The number of benzene rings is 1. The van der Waals surface area contributed by atoms with Crippen LogP contribution in [-0.4, -0.2) is 24.4 Å². The van der Waals surface area contributed by atoms with Crippen LogP contribution < -0.4 is 4.74 Å². The van der Waals surface area contributed by atoms with E-state index in [4.69, 9.17) is 25.8 Å². The number of pyridine rings is 1. The standard InChI is InChI=1S/C19H17ClN2O4S/c1-3-25-19(23)16-6-12(7-21)18(22-11(16)2)27-9-14-5-15(20)4-13-8-24-10-26-17(13)14/h4-6H,3,8-10H2,1-2H3. The SMILES string of the molecule is CCOC(=O)c1cc(C#N)c(SCc2cc(Cl)cc3c2OCOC3)nc1C. The van der Waals surface area contributed by atoms with Gasteiger partial charge in [0.1, 0.15) is 16.8 Å². The molecule has 1 aliphatic heterocycles. The molecule has 0 saturated heterocycles. The van der Waals surface area contributed by atoms with Gasteiger partial charge in [-0.2, -0.15) is 5.26 Å². The molecule has 1 aromatic heterocycles. The number of fused-ring (bicyclic) bond motifs is 1. The fraction of sp³-hybridized carbons (Fsp3) is 0.316. The number of carbonyl (C=O) groups is 1. The Morgan fingerprint density at radius 2 is 2.26 bits per heavy atom. The quantitative estimate of drug-likeness (QED) is 0.544. The topological polar surface area (TPSA) is 81.4 Å². The molecule has 2 heterocycles. The molecule has 6 nitrogen and oxygen atoms in total. The number of esters is 1. The van der Waals surface area contributed by atoms with Crippen LogP contribution in [0.25, 0.3) is 0 Å². The number of hydrogen-bond donors (Lipinski definition) is 0. The Bertz CT molecular complexity index is 927. The largest absolute Gasteiger partial charge is 0.467 e. The zero-order valence-electron chi connectivity index (χ0n) is 14.9. The molecule has 0 fully saturated rings. The Labute approximate surface area is 166 Å².